The molecule has 1 unspecified atom stereocenters. The molecule has 1 atom stereocenters. The van der Waals surface area contributed by atoms with Gasteiger partial charge in [0.25, 0.3) is 11.8 Å². The van der Waals surface area contributed by atoms with Gasteiger partial charge in [0.15, 0.2) is 11.9 Å². The van der Waals surface area contributed by atoms with Crippen LogP contribution in [0.15, 0.2) is 100 Å². The number of halogens is 3. The van der Waals surface area contributed by atoms with Gasteiger partial charge < -0.3 is 24.0 Å². The van der Waals surface area contributed by atoms with Gasteiger partial charge in [-0.3, -0.25) is 4.79 Å². The van der Waals surface area contributed by atoms with E-state index < -0.39 is 41.1 Å². The van der Waals surface area contributed by atoms with E-state index in [2.05, 4.69) is 30.8 Å². The van der Waals surface area contributed by atoms with E-state index in [1.54, 1.807) is 24.5 Å². The highest BCUT2D eigenvalue weighted by atomic mass is 19.4. The molecule has 11 nitrogen and oxygen atoms in total. The number of aromatic nitrogens is 6. The normalized spacial score (nSPS) is 12.3. The molecule has 6 rings (SSSR count). The lowest BCUT2D eigenvalue weighted by Gasteiger charge is -2.12. The molecule has 0 saturated carbocycles. The number of amides is 1. The second-order valence-corrected chi connectivity index (χ2v) is 9.94. The van der Waals surface area contributed by atoms with Crippen LogP contribution in [0.25, 0.3) is 34.3 Å². The number of alkyl halides is 3. The molecule has 0 fully saturated rings. The first-order valence-corrected chi connectivity index (χ1v) is 13.7. The maximum Gasteiger partial charge on any atom is 0.422 e. The summed E-state index contributed by atoms with van der Waals surface area (Å²) in [5, 5.41) is 28.7. The van der Waals surface area contributed by atoms with Gasteiger partial charge in [0, 0.05) is 17.7 Å². The Morgan fingerprint density at radius 2 is 1.62 bits per heavy atom. The van der Waals surface area contributed by atoms with Gasteiger partial charge in [0.05, 0.1) is 6.54 Å². The van der Waals surface area contributed by atoms with Crippen LogP contribution >= 0.6 is 0 Å². The van der Waals surface area contributed by atoms with Crippen LogP contribution in [-0.4, -0.2) is 41.1 Å². The van der Waals surface area contributed by atoms with E-state index in [1.165, 1.54) is 36.4 Å². The first-order valence-electron chi connectivity index (χ1n) is 13.7. The van der Waals surface area contributed by atoms with Crippen molar-refractivity contribution in [1.29, 1.82) is 0 Å². The third kappa shape index (κ3) is 6.50. The number of aliphatic hydroxyl groups is 1. The number of carbonyl (C=O) groups is 1. The van der Waals surface area contributed by atoms with E-state index >= 15 is 0 Å². The molecule has 3 heterocycles. The lowest BCUT2D eigenvalue weighted by atomic mass is 10.1. The van der Waals surface area contributed by atoms with Crippen molar-refractivity contribution in [3.8, 4) is 34.3 Å². The highest BCUT2D eigenvalue weighted by Gasteiger charge is 2.43. The van der Waals surface area contributed by atoms with Crippen LogP contribution in [0.1, 0.15) is 28.6 Å². The minimum Gasteiger partial charge on any atom is -0.378 e. The molecule has 14 heteroatoms. The van der Waals surface area contributed by atoms with Crippen LogP contribution in [0.5, 0.6) is 0 Å². The predicted octanol–water partition coefficient (Wildman–Crippen LogP) is 5.26. The molecule has 0 bridgehead atoms. The molecule has 3 aromatic carbocycles. The van der Waals surface area contributed by atoms with Gasteiger partial charge in [-0.1, -0.05) is 95.2 Å². The minimum atomic E-state index is -4.81. The molecule has 228 valence electrons. The van der Waals surface area contributed by atoms with Crippen molar-refractivity contribution in [3.63, 3.8) is 0 Å². The van der Waals surface area contributed by atoms with E-state index in [-0.39, 0.29) is 23.5 Å². The molecule has 0 aliphatic heterocycles. The Balaban J connectivity index is 1.11. The molecule has 0 aliphatic rings. The fraction of sp³-hybridized carbons (Fsp3) is 0.161. The van der Waals surface area contributed by atoms with Gasteiger partial charge in [-0.05, 0) is 17.5 Å². The van der Waals surface area contributed by atoms with Crippen LogP contribution in [0.4, 0.5) is 13.2 Å². The quantitative estimate of drug-likeness (QED) is 0.211. The maximum atomic E-state index is 14.0. The number of nitrogens with one attached hydrogen (secondary N) is 1. The topological polar surface area (TPSA) is 145 Å². The number of aliphatic hydroxyl groups excluding tert-OH is 1. The Labute approximate surface area is 253 Å². The van der Waals surface area contributed by atoms with Crippen molar-refractivity contribution in [2.24, 2.45) is 0 Å². The summed E-state index contributed by atoms with van der Waals surface area (Å²) >= 11 is 0. The number of carbonyl (C=O) groups excluding carboxylic acids is 1. The van der Waals surface area contributed by atoms with Crippen LogP contribution in [0, 0.1) is 0 Å². The van der Waals surface area contributed by atoms with E-state index in [4.69, 9.17) is 9.05 Å². The molecular formula is C31H24F3N7O4. The van der Waals surface area contributed by atoms with Crippen molar-refractivity contribution >= 4 is 5.91 Å². The summed E-state index contributed by atoms with van der Waals surface area (Å²) < 4.78 is 54.0. The molecule has 2 N–H and O–H groups in total. The average Bonchev–Trinajstić information content (AvgIpc) is 3.83. The summed E-state index contributed by atoms with van der Waals surface area (Å²) in [7, 11) is 0. The Morgan fingerprint density at radius 1 is 0.911 bits per heavy atom. The monoisotopic (exact) mass is 615 g/mol. The zero-order chi connectivity index (χ0) is 31.4. The summed E-state index contributed by atoms with van der Waals surface area (Å²) in [5.41, 5.74) is 0.461. The molecule has 0 aliphatic carbocycles. The molecule has 0 radical (unpaired) electrons. The Kier molecular flexibility index (Phi) is 8.20. The second kappa shape index (κ2) is 12.5. The Hall–Kier alpha value is -5.63. The predicted molar refractivity (Wildman–Crippen MR) is 153 cm³/mol. The van der Waals surface area contributed by atoms with E-state index in [1.807, 2.05) is 34.9 Å². The Bertz CT molecular complexity index is 1890. The lowest BCUT2D eigenvalue weighted by molar-refractivity contribution is -0.137. The van der Waals surface area contributed by atoms with Crippen molar-refractivity contribution in [1.82, 2.24) is 35.4 Å². The molecular weight excluding hydrogens is 591 g/mol. The Morgan fingerprint density at radius 3 is 2.33 bits per heavy atom. The smallest absolute Gasteiger partial charge is 0.378 e. The van der Waals surface area contributed by atoms with Gasteiger partial charge >= 0.3 is 6.18 Å². The summed E-state index contributed by atoms with van der Waals surface area (Å²) in [4.78, 5) is 16.8. The number of hydrogen-bond acceptors (Lipinski definition) is 9. The molecule has 1 amide bonds. The number of aryl methyl sites for hydroxylation is 2. The maximum absolute atomic E-state index is 14.0. The minimum absolute atomic E-state index is 0.0314. The third-order valence-electron chi connectivity index (χ3n) is 6.98. The summed E-state index contributed by atoms with van der Waals surface area (Å²) in [5.74, 6) is -1.37. The van der Waals surface area contributed by atoms with Crippen LogP contribution < -0.4 is 5.32 Å². The summed E-state index contributed by atoms with van der Waals surface area (Å²) in [6.45, 7) is 0.675. The summed E-state index contributed by atoms with van der Waals surface area (Å²) in [6, 6.07) is 23.6. The SMILES string of the molecule is O=C(NCc1nncn1CCc1ccccc1)C(O)c1ccc(-c2noc(-c3onc(-c4ccccc4)c3C(F)(F)F)n2)cc1. The number of hydrogen-bond donors (Lipinski definition) is 2. The first kappa shape index (κ1) is 29.4. The highest BCUT2D eigenvalue weighted by molar-refractivity contribution is 5.82. The standard InChI is InChI=1S/C31H24F3N7O4/c32-31(33,34)24-25(20-9-5-2-6-10-20)39-44-27(24)30-37-28(40-45-30)22-13-11-21(12-14-22)26(42)29(43)35-17-23-38-36-18-41(23)16-15-19-7-3-1-4-8-19/h1-14,18,26,42H,15-17H2,(H,35,43). The van der Waals surface area contributed by atoms with E-state index in [0.29, 0.717) is 17.9 Å². The van der Waals surface area contributed by atoms with Crippen molar-refractivity contribution < 1.29 is 32.1 Å². The van der Waals surface area contributed by atoms with Crippen molar-refractivity contribution in [2.45, 2.75) is 31.8 Å². The molecule has 45 heavy (non-hydrogen) atoms. The van der Waals surface area contributed by atoms with Gasteiger partial charge in [-0.15, -0.1) is 10.2 Å². The third-order valence-corrected chi connectivity index (χ3v) is 6.98. The van der Waals surface area contributed by atoms with Gasteiger partial charge in [0.2, 0.25) is 11.6 Å². The molecule has 0 spiro atoms. The van der Waals surface area contributed by atoms with Crippen LogP contribution in [-0.2, 0) is 30.5 Å². The fourth-order valence-corrected chi connectivity index (χ4v) is 4.65. The largest absolute Gasteiger partial charge is 0.422 e. The van der Waals surface area contributed by atoms with Crippen molar-refractivity contribution in [2.75, 3.05) is 0 Å². The molecule has 0 saturated heterocycles. The zero-order valence-electron chi connectivity index (χ0n) is 23.3. The molecule has 3 aromatic heterocycles. The van der Waals surface area contributed by atoms with Crippen LogP contribution in [0.3, 0.4) is 0 Å². The molecule has 6 aromatic rings. The fourth-order valence-electron chi connectivity index (χ4n) is 4.65. The van der Waals surface area contributed by atoms with E-state index in [0.717, 1.165) is 12.0 Å². The van der Waals surface area contributed by atoms with Gasteiger partial charge in [0.1, 0.15) is 17.6 Å². The van der Waals surface area contributed by atoms with Crippen LogP contribution in [0.2, 0.25) is 0 Å². The highest BCUT2D eigenvalue weighted by Crippen LogP contribution is 2.43. The van der Waals surface area contributed by atoms with Crippen molar-refractivity contribution in [3.05, 3.63) is 114 Å². The lowest BCUT2D eigenvalue weighted by Crippen LogP contribution is -2.30. The summed E-state index contributed by atoms with van der Waals surface area (Å²) in [6.07, 6.45) is -3.98. The zero-order valence-corrected chi connectivity index (χ0v) is 23.3. The number of nitrogens with zero attached hydrogens (tertiary/aromatic N) is 6. The number of rotatable bonds is 10. The van der Waals surface area contributed by atoms with Gasteiger partial charge in [-0.25, -0.2) is 0 Å². The number of benzene rings is 3. The van der Waals surface area contributed by atoms with E-state index in [9.17, 15) is 23.1 Å². The second-order valence-electron chi connectivity index (χ2n) is 9.94. The first-order chi connectivity index (χ1) is 21.8. The van der Waals surface area contributed by atoms with Gasteiger partial charge in [-0.2, -0.15) is 18.2 Å². The average molecular weight is 616 g/mol.